The molecule has 0 spiro atoms. The molecular formula is C12H14. The predicted octanol–water partition coefficient (Wildman–Crippen LogP) is 3.35. The minimum absolute atomic E-state index is 0.494. The smallest absolute Gasteiger partial charge is 0.0663 e. The second kappa shape index (κ2) is 5.40. The van der Waals surface area contributed by atoms with Crippen molar-refractivity contribution in [1.82, 2.24) is 0 Å². The first kappa shape index (κ1) is 7.39. The van der Waals surface area contributed by atoms with E-state index in [-0.39, 0.29) is 0 Å². The van der Waals surface area contributed by atoms with Crippen LogP contribution in [0.4, 0.5) is 0 Å². The zero-order valence-corrected chi connectivity index (χ0v) is 7.38. The zero-order valence-electron chi connectivity index (χ0n) is 8.38. The van der Waals surface area contributed by atoms with Crippen LogP contribution in [-0.4, -0.2) is 0 Å². The first-order chi connectivity index (χ1) is 6.29. The van der Waals surface area contributed by atoms with Crippen molar-refractivity contribution in [2.24, 2.45) is 0 Å². The third-order valence-electron chi connectivity index (χ3n) is 1.67. The molecule has 0 nitrogen and oxygen atoms in total. The summed E-state index contributed by atoms with van der Waals surface area (Å²) in [4.78, 5) is 0. The molecular weight excluding hydrogens is 144 g/mol. The van der Waals surface area contributed by atoms with E-state index >= 15 is 0 Å². The lowest BCUT2D eigenvalue weighted by Crippen LogP contribution is -1.80. The van der Waals surface area contributed by atoms with Crippen LogP contribution in [0.25, 0.3) is 0 Å². The molecule has 0 heteroatoms. The Morgan fingerprint density at radius 2 is 2.17 bits per heavy atom. The monoisotopic (exact) mass is 159 g/mol. The lowest BCUT2D eigenvalue weighted by atomic mass is 10.1. The van der Waals surface area contributed by atoms with Gasteiger partial charge in [-0.15, -0.1) is 5.73 Å². The molecule has 0 aliphatic carbocycles. The van der Waals surface area contributed by atoms with E-state index < -0.39 is 0 Å². The highest BCUT2D eigenvalue weighted by Gasteiger charge is 1.86. The molecule has 62 valence electrons. The van der Waals surface area contributed by atoms with Crippen LogP contribution in [0, 0.1) is 0 Å². The molecule has 0 saturated heterocycles. The Hall–Kier alpha value is -1.26. The number of hydrogen-bond acceptors (Lipinski definition) is 0. The van der Waals surface area contributed by atoms with E-state index in [0.717, 1.165) is 12.8 Å². The van der Waals surface area contributed by atoms with E-state index in [1.807, 2.05) is 24.3 Å². The molecule has 1 rings (SSSR count). The maximum absolute atomic E-state index is 7.14. The number of allylic oxidation sites excluding steroid dienone is 1. The molecule has 0 heterocycles. The van der Waals surface area contributed by atoms with Gasteiger partial charge in [-0.05, 0) is 37.5 Å². The van der Waals surface area contributed by atoms with Gasteiger partial charge in [-0.1, -0.05) is 30.3 Å². The van der Waals surface area contributed by atoms with Crippen molar-refractivity contribution in [1.29, 1.82) is 0 Å². The summed E-state index contributed by atoms with van der Waals surface area (Å²) in [7, 11) is 0. The topological polar surface area (TPSA) is 0 Å². The quantitative estimate of drug-likeness (QED) is 0.593. The Labute approximate surface area is 75.6 Å². The summed E-state index contributed by atoms with van der Waals surface area (Å²) in [6.45, 7) is 1.74. The molecule has 0 saturated carbocycles. The Morgan fingerprint density at radius 1 is 1.42 bits per heavy atom. The predicted molar refractivity (Wildman–Crippen MR) is 53.1 cm³/mol. The summed E-state index contributed by atoms with van der Waals surface area (Å²) >= 11 is 0. The Balaban J connectivity index is 2.41. The SMILES string of the molecule is [2H]C(C)=C=CCCc1ccccc1. The Bertz CT molecular complexity index is 301. The highest BCUT2D eigenvalue weighted by atomic mass is 13.9. The van der Waals surface area contributed by atoms with Crippen molar-refractivity contribution in [3.63, 3.8) is 0 Å². The molecule has 0 aromatic heterocycles. The average molecular weight is 159 g/mol. The lowest BCUT2D eigenvalue weighted by Gasteiger charge is -1.94. The summed E-state index contributed by atoms with van der Waals surface area (Å²) in [6.07, 6.45) is 3.91. The summed E-state index contributed by atoms with van der Waals surface area (Å²) in [6, 6.07) is 10.8. The number of benzene rings is 1. The van der Waals surface area contributed by atoms with E-state index in [1.54, 1.807) is 6.92 Å². The van der Waals surface area contributed by atoms with Crippen molar-refractivity contribution in [2.75, 3.05) is 0 Å². The van der Waals surface area contributed by atoms with Crippen LogP contribution in [-0.2, 0) is 6.42 Å². The molecule has 1 aromatic rings. The van der Waals surface area contributed by atoms with Crippen LogP contribution in [0.2, 0.25) is 0 Å². The summed E-state index contributed by atoms with van der Waals surface area (Å²) < 4.78 is 7.14. The largest absolute Gasteiger partial charge is 0.130 e. The van der Waals surface area contributed by atoms with Gasteiger partial charge in [0.05, 0.1) is 1.37 Å². The van der Waals surface area contributed by atoms with Crippen LogP contribution in [0.5, 0.6) is 0 Å². The fourth-order valence-corrected chi connectivity index (χ4v) is 1.06. The molecule has 0 aliphatic rings. The molecule has 0 radical (unpaired) electrons. The van der Waals surface area contributed by atoms with Crippen LogP contribution in [0.3, 0.4) is 0 Å². The van der Waals surface area contributed by atoms with E-state index in [2.05, 4.69) is 17.9 Å². The highest BCUT2D eigenvalue weighted by molar-refractivity contribution is 5.15. The normalized spacial score (nSPS) is 9.92. The average Bonchev–Trinajstić information content (AvgIpc) is 2.14. The van der Waals surface area contributed by atoms with Crippen molar-refractivity contribution in [3.05, 3.63) is 53.8 Å². The molecule has 0 aliphatic heterocycles. The molecule has 0 N–H and O–H groups in total. The van der Waals surface area contributed by atoms with Crippen LogP contribution in [0.1, 0.15) is 20.3 Å². The van der Waals surface area contributed by atoms with E-state index in [0.29, 0.717) is 6.05 Å². The maximum atomic E-state index is 7.14. The first-order valence-corrected chi connectivity index (χ1v) is 4.21. The summed E-state index contributed by atoms with van der Waals surface area (Å²) in [5.74, 6) is 0. The fraction of sp³-hybridized carbons (Fsp3) is 0.250. The van der Waals surface area contributed by atoms with Gasteiger partial charge in [0.15, 0.2) is 0 Å². The molecule has 1 aromatic carbocycles. The van der Waals surface area contributed by atoms with Crippen molar-refractivity contribution < 1.29 is 1.37 Å². The molecule has 0 unspecified atom stereocenters. The van der Waals surface area contributed by atoms with Crippen LogP contribution < -0.4 is 0 Å². The van der Waals surface area contributed by atoms with Crippen molar-refractivity contribution >= 4 is 0 Å². The second-order valence-electron chi connectivity index (χ2n) is 2.62. The van der Waals surface area contributed by atoms with Crippen molar-refractivity contribution in [3.8, 4) is 0 Å². The maximum Gasteiger partial charge on any atom is 0.0663 e. The number of hydrogen-bond donors (Lipinski definition) is 0. The summed E-state index contributed by atoms with van der Waals surface area (Å²) in [5, 5.41) is 0. The van der Waals surface area contributed by atoms with Crippen LogP contribution >= 0.6 is 0 Å². The van der Waals surface area contributed by atoms with E-state index in [4.69, 9.17) is 1.37 Å². The molecule has 12 heavy (non-hydrogen) atoms. The number of aryl methyl sites for hydroxylation is 1. The van der Waals surface area contributed by atoms with Gasteiger partial charge in [-0.3, -0.25) is 0 Å². The Kier molecular flexibility index (Phi) is 3.33. The minimum atomic E-state index is 0.494. The fourth-order valence-electron chi connectivity index (χ4n) is 1.06. The van der Waals surface area contributed by atoms with Gasteiger partial charge in [-0.25, -0.2) is 0 Å². The first-order valence-electron chi connectivity index (χ1n) is 4.71. The standard InChI is InChI=1S/C12H14/c1-2-3-4-6-9-12-10-7-5-8-11-12/h2,4-5,7-8,10-11H,6,9H2,1H3/i2D. The van der Waals surface area contributed by atoms with Gasteiger partial charge in [0.2, 0.25) is 0 Å². The van der Waals surface area contributed by atoms with Gasteiger partial charge in [-0.2, -0.15) is 0 Å². The highest BCUT2D eigenvalue weighted by Crippen LogP contribution is 2.01. The van der Waals surface area contributed by atoms with Gasteiger partial charge in [0.25, 0.3) is 0 Å². The van der Waals surface area contributed by atoms with Crippen LogP contribution in [0.15, 0.2) is 48.2 Å². The zero-order chi connectivity index (χ0) is 9.52. The van der Waals surface area contributed by atoms with E-state index in [1.165, 1.54) is 5.56 Å². The molecule has 0 bridgehead atoms. The molecule has 0 fully saturated rings. The van der Waals surface area contributed by atoms with Gasteiger partial charge in [0, 0.05) is 0 Å². The minimum Gasteiger partial charge on any atom is -0.130 e. The second-order valence-corrected chi connectivity index (χ2v) is 2.62. The lowest BCUT2D eigenvalue weighted by molar-refractivity contribution is 1.00. The third kappa shape index (κ3) is 3.23. The van der Waals surface area contributed by atoms with Crippen molar-refractivity contribution in [2.45, 2.75) is 19.8 Å². The van der Waals surface area contributed by atoms with Gasteiger partial charge >= 0.3 is 0 Å². The number of rotatable bonds is 3. The molecule has 0 amide bonds. The van der Waals surface area contributed by atoms with E-state index in [9.17, 15) is 0 Å². The van der Waals surface area contributed by atoms with Gasteiger partial charge < -0.3 is 0 Å². The van der Waals surface area contributed by atoms with Gasteiger partial charge in [0.1, 0.15) is 0 Å². The summed E-state index contributed by atoms with van der Waals surface area (Å²) in [5.41, 5.74) is 4.21. The third-order valence-corrected chi connectivity index (χ3v) is 1.67. The molecule has 0 atom stereocenters. The Morgan fingerprint density at radius 3 is 2.83 bits per heavy atom.